The number of urea groups is 1. The van der Waals surface area contributed by atoms with Crippen LogP contribution in [0.4, 0.5) is 16.2 Å². The smallest absolute Gasteiger partial charge is 0.328 e. The number of benzene rings is 2. The molecule has 158 valence electrons. The number of hydrogen-bond donors (Lipinski definition) is 2. The average Bonchev–Trinajstić information content (AvgIpc) is 3.51. The number of anilines is 2. The molecule has 2 N–H and O–H groups in total. The summed E-state index contributed by atoms with van der Waals surface area (Å²) in [4.78, 5) is 25.5. The average molecular weight is 429 g/mol. The summed E-state index contributed by atoms with van der Waals surface area (Å²) in [7, 11) is -1.74. The molecular weight excluding hydrogens is 406 g/mol. The summed E-state index contributed by atoms with van der Waals surface area (Å²) in [6.45, 7) is 0.317. The fraction of sp³-hybridized carbons (Fsp3) is 0.333. The highest BCUT2D eigenvalue weighted by Crippen LogP contribution is 2.49. The van der Waals surface area contributed by atoms with E-state index in [4.69, 9.17) is 4.74 Å². The zero-order chi connectivity index (χ0) is 21.5. The number of carbonyl (C=O) groups excluding carboxylic acids is 2. The van der Waals surface area contributed by atoms with E-state index in [1.165, 1.54) is 0 Å². The molecule has 2 fully saturated rings. The van der Waals surface area contributed by atoms with Gasteiger partial charge in [0.2, 0.25) is 15.9 Å². The molecule has 0 unspecified atom stereocenters. The topological polar surface area (TPSA) is 105 Å². The summed E-state index contributed by atoms with van der Waals surface area (Å²) < 4.78 is 31.1. The molecular formula is C21H23N3O5S. The van der Waals surface area contributed by atoms with E-state index in [0.717, 1.165) is 41.5 Å². The minimum atomic E-state index is -3.36. The van der Waals surface area contributed by atoms with E-state index in [9.17, 15) is 18.0 Å². The predicted molar refractivity (Wildman–Crippen MR) is 114 cm³/mol. The van der Waals surface area contributed by atoms with Gasteiger partial charge < -0.3 is 4.74 Å². The molecule has 1 saturated carbocycles. The number of hydrogen-bond acceptors (Lipinski definition) is 5. The Balaban J connectivity index is 1.77. The van der Waals surface area contributed by atoms with E-state index in [1.807, 2.05) is 24.3 Å². The Morgan fingerprint density at radius 1 is 1.13 bits per heavy atom. The summed E-state index contributed by atoms with van der Waals surface area (Å²) in [5.41, 5.74) is 3.85. The van der Waals surface area contributed by atoms with Gasteiger partial charge in [0, 0.05) is 29.9 Å². The Morgan fingerprint density at radius 2 is 1.83 bits per heavy atom. The van der Waals surface area contributed by atoms with Crippen molar-refractivity contribution in [3.8, 4) is 16.9 Å². The van der Waals surface area contributed by atoms with Gasteiger partial charge in [-0.3, -0.25) is 19.7 Å². The van der Waals surface area contributed by atoms with Crippen LogP contribution in [0.1, 0.15) is 30.7 Å². The first-order valence-corrected chi connectivity index (χ1v) is 11.6. The van der Waals surface area contributed by atoms with Crippen LogP contribution in [-0.2, 0) is 14.8 Å². The first kappa shape index (κ1) is 20.2. The lowest BCUT2D eigenvalue weighted by molar-refractivity contribution is -0.120. The third-order valence-electron chi connectivity index (χ3n) is 5.19. The highest BCUT2D eigenvalue weighted by molar-refractivity contribution is 7.92. The molecule has 8 nitrogen and oxygen atoms in total. The molecule has 3 amide bonds. The van der Waals surface area contributed by atoms with Crippen LogP contribution in [0.5, 0.6) is 5.75 Å². The third kappa shape index (κ3) is 4.25. The molecule has 0 atom stereocenters. The zero-order valence-corrected chi connectivity index (χ0v) is 17.6. The first-order chi connectivity index (χ1) is 14.2. The van der Waals surface area contributed by atoms with Gasteiger partial charge in [-0.15, -0.1) is 0 Å². The number of nitrogens with one attached hydrogen (secondary N) is 2. The van der Waals surface area contributed by atoms with Crippen molar-refractivity contribution >= 4 is 33.3 Å². The van der Waals surface area contributed by atoms with E-state index < -0.39 is 16.1 Å². The Hall–Kier alpha value is -3.07. The third-order valence-corrected chi connectivity index (χ3v) is 5.80. The molecule has 4 rings (SSSR count). The second kappa shape index (κ2) is 7.64. The molecule has 30 heavy (non-hydrogen) atoms. The van der Waals surface area contributed by atoms with Crippen LogP contribution in [0.15, 0.2) is 36.4 Å². The Kier molecular flexibility index (Phi) is 5.15. The molecule has 1 aliphatic heterocycles. The fourth-order valence-corrected chi connectivity index (χ4v) is 4.24. The summed E-state index contributed by atoms with van der Waals surface area (Å²) in [6.07, 6.45) is 3.46. The summed E-state index contributed by atoms with van der Waals surface area (Å²) in [6, 6.07) is 10.4. The van der Waals surface area contributed by atoms with Crippen LogP contribution in [-0.4, -0.2) is 40.3 Å². The lowest BCUT2D eigenvalue weighted by atomic mass is 9.97. The number of amides is 3. The van der Waals surface area contributed by atoms with Crippen LogP contribution < -0.4 is 19.7 Å². The van der Waals surface area contributed by atoms with Crippen molar-refractivity contribution in [2.75, 3.05) is 29.5 Å². The number of ether oxygens (including phenoxy) is 1. The second-order valence-electron chi connectivity index (χ2n) is 7.60. The van der Waals surface area contributed by atoms with Crippen molar-refractivity contribution in [1.29, 1.82) is 0 Å². The minimum Gasteiger partial charge on any atom is -0.496 e. The summed E-state index contributed by atoms with van der Waals surface area (Å²) in [5.74, 6) is 0.847. The van der Waals surface area contributed by atoms with Gasteiger partial charge in [0.15, 0.2) is 0 Å². The minimum absolute atomic E-state index is 0.248. The van der Waals surface area contributed by atoms with Crippen molar-refractivity contribution in [2.45, 2.75) is 25.2 Å². The highest BCUT2D eigenvalue weighted by atomic mass is 32.2. The van der Waals surface area contributed by atoms with Crippen LogP contribution in [0.3, 0.4) is 0 Å². The number of rotatable bonds is 6. The number of nitrogens with zero attached hydrogens (tertiary/aromatic N) is 1. The molecule has 1 heterocycles. The molecule has 1 saturated heterocycles. The SMILES string of the molecule is COc1c(-c2ccc(NS(C)(=O)=O)cc2)cc(N2CCC(=O)NC2=O)cc1C1CC1. The number of methoxy groups -OCH3 is 1. The van der Waals surface area contributed by atoms with Gasteiger partial charge in [-0.2, -0.15) is 0 Å². The number of carbonyl (C=O) groups is 2. The van der Waals surface area contributed by atoms with Crippen LogP contribution in [0, 0.1) is 0 Å². The monoisotopic (exact) mass is 429 g/mol. The lowest BCUT2D eigenvalue weighted by Crippen LogP contribution is -2.49. The van der Waals surface area contributed by atoms with E-state index >= 15 is 0 Å². The molecule has 2 aromatic carbocycles. The molecule has 0 spiro atoms. The van der Waals surface area contributed by atoms with Gasteiger partial charge in [-0.05, 0) is 54.2 Å². The highest BCUT2D eigenvalue weighted by Gasteiger charge is 2.31. The van der Waals surface area contributed by atoms with Gasteiger partial charge in [0.05, 0.1) is 13.4 Å². The van der Waals surface area contributed by atoms with Gasteiger partial charge in [0.1, 0.15) is 5.75 Å². The molecule has 0 bridgehead atoms. The van der Waals surface area contributed by atoms with Gasteiger partial charge in [-0.1, -0.05) is 12.1 Å². The maximum Gasteiger partial charge on any atom is 0.328 e. The molecule has 0 aromatic heterocycles. The Morgan fingerprint density at radius 3 is 2.40 bits per heavy atom. The van der Waals surface area contributed by atoms with E-state index in [2.05, 4.69) is 10.0 Å². The molecule has 0 radical (unpaired) electrons. The van der Waals surface area contributed by atoms with Crippen LogP contribution >= 0.6 is 0 Å². The second-order valence-corrected chi connectivity index (χ2v) is 9.35. The Bertz CT molecular complexity index is 1110. The van der Waals surface area contributed by atoms with Crippen molar-refractivity contribution < 1.29 is 22.7 Å². The summed E-state index contributed by atoms with van der Waals surface area (Å²) in [5, 5.41) is 2.36. The van der Waals surface area contributed by atoms with Crippen LogP contribution in [0.2, 0.25) is 0 Å². The maximum atomic E-state index is 12.4. The number of sulfonamides is 1. The molecule has 2 aromatic rings. The standard InChI is InChI=1S/C21H23N3O5S/c1-29-20-17(13-3-4-13)11-16(24-10-9-19(25)22-21(24)26)12-18(20)14-5-7-15(8-6-14)23-30(2,27)28/h5-8,11-13,23H,3-4,9-10H2,1-2H3,(H,22,25,26). The predicted octanol–water partition coefficient (Wildman–Crippen LogP) is 3.06. The van der Waals surface area contributed by atoms with E-state index in [-0.39, 0.29) is 12.3 Å². The first-order valence-electron chi connectivity index (χ1n) is 9.66. The van der Waals surface area contributed by atoms with E-state index in [1.54, 1.807) is 24.1 Å². The summed E-state index contributed by atoms with van der Waals surface area (Å²) >= 11 is 0. The fourth-order valence-electron chi connectivity index (χ4n) is 3.67. The van der Waals surface area contributed by atoms with Crippen molar-refractivity contribution in [3.63, 3.8) is 0 Å². The van der Waals surface area contributed by atoms with Crippen molar-refractivity contribution in [3.05, 3.63) is 42.0 Å². The lowest BCUT2D eigenvalue weighted by Gasteiger charge is -2.28. The molecule has 2 aliphatic rings. The van der Waals surface area contributed by atoms with Crippen molar-refractivity contribution in [2.24, 2.45) is 0 Å². The van der Waals surface area contributed by atoms with Crippen molar-refractivity contribution in [1.82, 2.24) is 5.32 Å². The molecule has 9 heteroatoms. The largest absolute Gasteiger partial charge is 0.496 e. The maximum absolute atomic E-state index is 12.4. The Labute approximate surface area is 175 Å². The van der Waals surface area contributed by atoms with Gasteiger partial charge in [-0.25, -0.2) is 13.2 Å². The molecule has 1 aliphatic carbocycles. The normalized spacial score (nSPS) is 16.9. The number of imide groups is 1. The van der Waals surface area contributed by atoms with Gasteiger partial charge >= 0.3 is 6.03 Å². The zero-order valence-electron chi connectivity index (χ0n) is 16.8. The quantitative estimate of drug-likeness (QED) is 0.734. The van der Waals surface area contributed by atoms with Gasteiger partial charge in [0.25, 0.3) is 0 Å². The van der Waals surface area contributed by atoms with Crippen LogP contribution in [0.25, 0.3) is 11.1 Å². The van der Waals surface area contributed by atoms with E-state index in [0.29, 0.717) is 23.8 Å².